The number of fused-ring (bicyclic) bond motifs is 2. The number of halogens is 3. The molecule has 166 valence electrons. The van der Waals surface area contributed by atoms with Crippen LogP contribution in [-0.2, 0) is 13.0 Å². The van der Waals surface area contributed by atoms with Gasteiger partial charge >= 0.3 is 0 Å². The van der Waals surface area contributed by atoms with E-state index in [1.54, 1.807) is 23.5 Å². The maximum atomic E-state index is 13.8. The summed E-state index contributed by atoms with van der Waals surface area (Å²) in [5, 5.41) is 3.67. The van der Waals surface area contributed by atoms with Gasteiger partial charge in [-0.25, -0.2) is 0 Å². The number of hydrogen-bond donors (Lipinski definition) is 1. The van der Waals surface area contributed by atoms with Crippen LogP contribution < -0.4 is 0 Å². The molecule has 3 nitrogen and oxygen atoms in total. The first kappa shape index (κ1) is 22.3. The van der Waals surface area contributed by atoms with Gasteiger partial charge < -0.3 is 9.88 Å². The van der Waals surface area contributed by atoms with Crippen molar-refractivity contribution in [2.45, 2.75) is 13.0 Å². The van der Waals surface area contributed by atoms with Crippen LogP contribution in [0.4, 0.5) is 0 Å². The molecule has 5 rings (SSSR count). The number of thiophene rings is 1. The molecule has 2 aromatic heterocycles. The molecular formula is C26H19Cl3N2OS. The van der Waals surface area contributed by atoms with Gasteiger partial charge in [0, 0.05) is 32.7 Å². The second-order valence-corrected chi connectivity index (χ2v) is 10.3. The molecular weight excluding hydrogens is 495 g/mol. The van der Waals surface area contributed by atoms with Gasteiger partial charge in [-0.3, -0.25) is 4.79 Å². The van der Waals surface area contributed by atoms with Crippen LogP contribution in [0.2, 0.25) is 15.1 Å². The summed E-state index contributed by atoms with van der Waals surface area (Å²) in [6.07, 6.45) is 2.48. The molecule has 0 atom stereocenters. The van der Waals surface area contributed by atoms with Crippen LogP contribution in [0.3, 0.4) is 0 Å². The number of aromatic amines is 1. The van der Waals surface area contributed by atoms with Crippen molar-refractivity contribution in [3.63, 3.8) is 0 Å². The zero-order valence-corrected chi connectivity index (χ0v) is 20.5. The molecule has 7 heteroatoms. The first-order valence-corrected chi connectivity index (χ1v) is 12.4. The minimum Gasteiger partial charge on any atom is -0.361 e. The maximum absolute atomic E-state index is 13.8. The van der Waals surface area contributed by atoms with E-state index in [1.165, 1.54) is 10.1 Å². The van der Waals surface area contributed by atoms with E-state index in [4.69, 9.17) is 34.8 Å². The Kier molecular flexibility index (Phi) is 6.35. The first-order chi connectivity index (χ1) is 16.0. The van der Waals surface area contributed by atoms with Crippen molar-refractivity contribution in [1.82, 2.24) is 9.88 Å². The lowest BCUT2D eigenvalue weighted by atomic mass is 10.1. The Balaban J connectivity index is 1.48. The molecule has 0 aliphatic rings. The molecule has 1 N–H and O–H groups in total. The highest BCUT2D eigenvalue weighted by Crippen LogP contribution is 2.29. The summed E-state index contributed by atoms with van der Waals surface area (Å²) in [5.74, 6) is -0.0672. The second kappa shape index (κ2) is 9.40. The molecule has 0 spiro atoms. The Hall–Kier alpha value is -2.50. The predicted octanol–water partition coefficient (Wildman–Crippen LogP) is 8.23. The number of hydrogen-bond acceptors (Lipinski definition) is 2. The molecule has 0 bridgehead atoms. The van der Waals surface area contributed by atoms with Crippen LogP contribution in [-0.4, -0.2) is 22.3 Å². The summed E-state index contributed by atoms with van der Waals surface area (Å²) in [5.41, 5.74) is 2.38. The van der Waals surface area contributed by atoms with E-state index in [-0.39, 0.29) is 5.91 Å². The molecule has 0 saturated heterocycles. The van der Waals surface area contributed by atoms with E-state index in [9.17, 15) is 4.79 Å². The molecule has 1 amide bonds. The highest BCUT2D eigenvalue weighted by molar-refractivity contribution is 7.19. The minimum atomic E-state index is -0.0672. The molecule has 33 heavy (non-hydrogen) atoms. The van der Waals surface area contributed by atoms with E-state index in [0.717, 1.165) is 21.3 Å². The third-order valence-electron chi connectivity index (χ3n) is 5.62. The van der Waals surface area contributed by atoms with Crippen molar-refractivity contribution >= 4 is 73.0 Å². The number of carbonyl (C=O) groups is 1. The Bertz CT molecular complexity index is 1440. The number of nitrogens with one attached hydrogen (secondary N) is 1. The summed E-state index contributed by atoms with van der Waals surface area (Å²) in [6.45, 7) is 1.04. The third kappa shape index (κ3) is 4.75. The van der Waals surface area contributed by atoms with Gasteiger partial charge in [0.25, 0.3) is 5.91 Å². The van der Waals surface area contributed by atoms with Gasteiger partial charge in [-0.15, -0.1) is 11.3 Å². The normalized spacial score (nSPS) is 11.4. The van der Waals surface area contributed by atoms with E-state index >= 15 is 0 Å². The lowest BCUT2D eigenvalue weighted by Gasteiger charge is -2.23. The van der Waals surface area contributed by atoms with Crippen LogP contribution >= 0.6 is 46.1 Å². The number of carbonyl (C=O) groups excluding carboxylic acids is 1. The van der Waals surface area contributed by atoms with Crippen molar-refractivity contribution in [3.8, 4) is 0 Å². The average molecular weight is 514 g/mol. The zero-order valence-electron chi connectivity index (χ0n) is 17.4. The van der Waals surface area contributed by atoms with Crippen LogP contribution in [0.15, 0.2) is 72.9 Å². The highest BCUT2D eigenvalue weighted by atomic mass is 35.5. The first-order valence-electron chi connectivity index (χ1n) is 10.5. The summed E-state index contributed by atoms with van der Waals surface area (Å²) in [6, 6.07) is 21.5. The van der Waals surface area contributed by atoms with Gasteiger partial charge in [0.1, 0.15) is 0 Å². The Morgan fingerprint density at radius 3 is 2.58 bits per heavy atom. The molecule has 0 fully saturated rings. The van der Waals surface area contributed by atoms with E-state index in [1.807, 2.05) is 47.5 Å². The fourth-order valence-electron chi connectivity index (χ4n) is 3.99. The van der Waals surface area contributed by atoms with E-state index in [2.05, 4.69) is 23.2 Å². The highest BCUT2D eigenvalue weighted by Gasteiger charge is 2.21. The Morgan fingerprint density at radius 1 is 0.909 bits per heavy atom. The zero-order chi connectivity index (χ0) is 22.9. The van der Waals surface area contributed by atoms with Crippen LogP contribution in [0.25, 0.3) is 21.0 Å². The SMILES string of the molecule is O=C(c1cc(Cl)cc2cc[nH]c12)N(CCc1ccc(Cl)c(Cl)c1)Cc1cc2ccccc2s1. The number of aromatic nitrogens is 1. The van der Waals surface area contributed by atoms with Crippen molar-refractivity contribution < 1.29 is 4.79 Å². The average Bonchev–Trinajstić information content (AvgIpc) is 3.44. The van der Waals surface area contributed by atoms with Gasteiger partial charge in [0.2, 0.25) is 0 Å². The fourth-order valence-corrected chi connectivity index (χ4v) is 5.62. The molecule has 0 aliphatic carbocycles. The molecule has 0 aliphatic heterocycles. The van der Waals surface area contributed by atoms with Crippen molar-refractivity contribution in [2.75, 3.05) is 6.54 Å². The summed E-state index contributed by atoms with van der Waals surface area (Å²) < 4.78 is 1.21. The second-order valence-electron chi connectivity index (χ2n) is 7.87. The van der Waals surface area contributed by atoms with Gasteiger partial charge in [-0.2, -0.15) is 0 Å². The molecule has 2 heterocycles. The lowest BCUT2D eigenvalue weighted by Crippen LogP contribution is -2.32. The number of nitrogens with zero attached hydrogens (tertiary/aromatic N) is 1. The maximum Gasteiger partial charge on any atom is 0.256 e. The molecule has 0 radical (unpaired) electrons. The minimum absolute atomic E-state index is 0.0672. The number of H-pyrrole nitrogens is 1. The van der Waals surface area contributed by atoms with Crippen molar-refractivity contribution in [1.29, 1.82) is 0 Å². The summed E-state index contributed by atoms with van der Waals surface area (Å²) in [7, 11) is 0. The topological polar surface area (TPSA) is 36.1 Å². The molecule has 3 aromatic carbocycles. The smallest absolute Gasteiger partial charge is 0.256 e. The number of benzene rings is 3. The Labute approximate surface area is 210 Å². The largest absolute Gasteiger partial charge is 0.361 e. The Morgan fingerprint density at radius 2 is 1.76 bits per heavy atom. The fraction of sp³-hybridized carbons (Fsp3) is 0.115. The molecule has 5 aromatic rings. The summed E-state index contributed by atoms with van der Waals surface area (Å²) in [4.78, 5) is 20.0. The standard InChI is InChI=1S/C26H19Cl3N2OS/c27-19-12-18-7-9-30-25(18)21(14-19)26(32)31(10-8-16-5-6-22(28)23(29)11-16)15-20-13-17-3-1-2-4-24(17)33-20/h1-7,9,11-14,30H,8,10,15H2. The van der Waals surface area contributed by atoms with E-state index in [0.29, 0.717) is 40.1 Å². The van der Waals surface area contributed by atoms with Crippen LogP contribution in [0.5, 0.6) is 0 Å². The quantitative estimate of drug-likeness (QED) is 0.244. The van der Waals surface area contributed by atoms with E-state index < -0.39 is 0 Å². The van der Waals surface area contributed by atoms with Gasteiger partial charge in [0.05, 0.1) is 27.7 Å². The lowest BCUT2D eigenvalue weighted by molar-refractivity contribution is 0.0748. The number of amides is 1. The summed E-state index contributed by atoms with van der Waals surface area (Å²) >= 11 is 20.3. The van der Waals surface area contributed by atoms with Crippen molar-refractivity contribution in [3.05, 3.63) is 104 Å². The molecule has 0 unspecified atom stereocenters. The van der Waals surface area contributed by atoms with Crippen LogP contribution in [0.1, 0.15) is 20.8 Å². The van der Waals surface area contributed by atoms with Gasteiger partial charge in [-0.1, -0.05) is 59.1 Å². The van der Waals surface area contributed by atoms with Gasteiger partial charge in [0.15, 0.2) is 0 Å². The molecule has 0 saturated carbocycles. The predicted molar refractivity (Wildman–Crippen MR) is 140 cm³/mol. The van der Waals surface area contributed by atoms with Crippen molar-refractivity contribution in [2.24, 2.45) is 0 Å². The van der Waals surface area contributed by atoms with Gasteiger partial charge in [-0.05, 0) is 59.8 Å². The van der Waals surface area contributed by atoms with Crippen LogP contribution in [0, 0.1) is 0 Å². The monoisotopic (exact) mass is 512 g/mol. The number of rotatable bonds is 6. The third-order valence-corrected chi connectivity index (χ3v) is 7.68.